The van der Waals surface area contributed by atoms with Crippen LogP contribution < -0.4 is 5.32 Å². The maximum absolute atomic E-state index is 13.0. The first-order valence-corrected chi connectivity index (χ1v) is 7.06. The lowest BCUT2D eigenvalue weighted by Crippen LogP contribution is -2.29. The molecule has 0 radical (unpaired) electrons. The number of pyridine rings is 1. The molecule has 2 aromatic rings. The minimum atomic E-state index is -0.292. The number of nitrogens with one attached hydrogen (secondary N) is 1. The first-order chi connectivity index (χ1) is 9.65. The highest BCUT2D eigenvalue weighted by Crippen LogP contribution is 2.18. The summed E-state index contributed by atoms with van der Waals surface area (Å²) in [4.78, 5) is 4.21. The summed E-state index contributed by atoms with van der Waals surface area (Å²) in [5.74, 6) is -0.292. The van der Waals surface area contributed by atoms with Crippen LogP contribution in [-0.2, 0) is 6.42 Å². The van der Waals surface area contributed by atoms with E-state index in [4.69, 9.17) is 0 Å². The lowest BCUT2D eigenvalue weighted by Gasteiger charge is -2.21. The van der Waals surface area contributed by atoms with E-state index in [0.717, 1.165) is 18.5 Å². The molecular weight excluding hydrogens is 251 g/mol. The van der Waals surface area contributed by atoms with Gasteiger partial charge in [-0.25, -0.2) is 4.39 Å². The van der Waals surface area contributed by atoms with Crippen LogP contribution in [0.4, 0.5) is 4.39 Å². The van der Waals surface area contributed by atoms with Crippen LogP contribution in [-0.4, -0.2) is 11.0 Å². The largest absolute Gasteiger partial charge is 0.306 e. The van der Waals surface area contributed by atoms with Crippen LogP contribution in [0.1, 0.15) is 37.6 Å². The monoisotopic (exact) mass is 272 g/mol. The number of benzene rings is 1. The minimum Gasteiger partial charge on any atom is -0.306 e. The van der Waals surface area contributed by atoms with Crippen molar-refractivity contribution in [1.82, 2.24) is 10.3 Å². The Morgan fingerprint density at radius 3 is 2.45 bits per heavy atom. The fourth-order valence-electron chi connectivity index (χ4n) is 2.27. The second-order valence-corrected chi connectivity index (χ2v) is 5.30. The molecule has 0 aliphatic rings. The molecule has 1 N–H and O–H groups in total. The summed E-state index contributed by atoms with van der Waals surface area (Å²) in [5.41, 5.74) is 2.21. The molecule has 1 heterocycles. The molecular formula is C17H21FN2. The van der Waals surface area contributed by atoms with Gasteiger partial charge in [-0.15, -0.1) is 0 Å². The molecule has 0 amide bonds. The average molecular weight is 272 g/mol. The average Bonchev–Trinajstić information content (AvgIpc) is 2.45. The van der Waals surface area contributed by atoms with Crippen molar-refractivity contribution in [2.45, 2.75) is 38.8 Å². The standard InChI is InChI=1S/C17H21FN2/c1-13(2)20-17(16-11-9-15(18)12-19-16)10-8-14-6-4-3-5-7-14/h3-7,9,11-13,17,20H,8,10H2,1-2H3. The number of hydrogen-bond donors (Lipinski definition) is 1. The predicted octanol–water partition coefficient (Wildman–Crippen LogP) is 3.89. The van der Waals surface area contributed by atoms with E-state index in [0.29, 0.717) is 6.04 Å². The molecule has 0 aliphatic heterocycles. The molecule has 2 rings (SSSR count). The van der Waals surface area contributed by atoms with E-state index >= 15 is 0 Å². The number of aromatic nitrogens is 1. The summed E-state index contributed by atoms with van der Waals surface area (Å²) >= 11 is 0. The van der Waals surface area contributed by atoms with Gasteiger partial charge in [0.2, 0.25) is 0 Å². The topological polar surface area (TPSA) is 24.9 Å². The third-order valence-electron chi connectivity index (χ3n) is 3.21. The molecule has 2 nitrogen and oxygen atoms in total. The Morgan fingerprint density at radius 1 is 1.10 bits per heavy atom. The third kappa shape index (κ3) is 4.42. The van der Waals surface area contributed by atoms with Crippen molar-refractivity contribution in [2.75, 3.05) is 0 Å². The summed E-state index contributed by atoms with van der Waals surface area (Å²) in [5, 5.41) is 3.50. The Kier molecular flexibility index (Phi) is 5.24. The summed E-state index contributed by atoms with van der Waals surface area (Å²) < 4.78 is 13.0. The lowest BCUT2D eigenvalue weighted by molar-refractivity contribution is 0.443. The van der Waals surface area contributed by atoms with Crippen LogP contribution in [0.15, 0.2) is 48.7 Å². The van der Waals surface area contributed by atoms with Crippen molar-refractivity contribution in [1.29, 1.82) is 0 Å². The van der Waals surface area contributed by atoms with Gasteiger partial charge in [0.25, 0.3) is 0 Å². The Morgan fingerprint density at radius 2 is 1.85 bits per heavy atom. The minimum absolute atomic E-state index is 0.149. The molecule has 1 unspecified atom stereocenters. The fraction of sp³-hybridized carbons (Fsp3) is 0.353. The molecule has 0 bridgehead atoms. The molecule has 106 valence electrons. The van der Waals surface area contributed by atoms with Gasteiger partial charge >= 0.3 is 0 Å². The zero-order valence-corrected chi connectivity index (χ0v) is 12.0. The Labute approximate surface area is 120 Å². The van der Waals surface area contributed by atoms with Gasteiger partial charge < -0.3 is 5.32 Å². The van der Waals surface area contributed by atoms with E-state index in [1.165, 1.54) is 17.8 Å². The third-order valence-corrected chi connectivity index (χ3v) is 3.21. The van der Waals surface area contributed by atoms with Crippen LogP contribution in [0, 0.1) is 5.82 Å². The van der Waals surface area contributed by atoms with Crippen molar-refractivity contribution in [3.8, 4) is 0 Å². The molecule has 20 heavy (non-hydrogen) atoms. The highest BCUT2D eigenvalue weighted by atomic mass is 19.1. The normalized spacial score (nSPS) is 12.6. The number of hydrogen-bond acceptors (Lipinski definition) is 2. The van der Waals surface area contributed by atoms with Crippen molar-refractivity contribution >= 4 is 0 Å². The number of rotatable bonds is 6. The van der Waals surface area contributed by atoms with E-state index < -0.39 is 0 Å². The number of nitrogens with zero attached hydrogens (tertiary/aromatic N) is 1. The quantitative estimate of drug-likeness (QED) is 0.863. The second kappa shape index (κ2) is 7.15. The Hall–Kier alpha value is -1.74. The Balaban J connectivity index is 2.05. The maximum Gasteiger partial charge on any atom is 0.141 e. The molecule has 0 fully saturated rings. The van der Waals surface area contributed by atoms with E-state index in [1.807, 2.05) is 6.07 Å². The van der Waals surface area contributed by atoms with Gasteiger partial charge in [-0.05, 0) is 30.5 Å². The van der Waals surface area contributed by atoms with E-state index in [-0.39, 0.29) is 11.9 Å². The van der Waals surface area contributed by atoms with E-state index in [2.05, 4.69) is 48.4 Å². The van der Waals surface area contributed by atoms with Crippen LogP contribution in [0.2, 0.25) is 0 Å². The van der Waals surface area contributed by atoms with Crippen LogP contribution in [0.3, 0.4) is 0 Å². The first-order valence-electron chi connectivity index (χ1n) is 7.06. The summed E-state index contributed by atoms with van der Waals surface area (Å²) in [6.45, 7) is 4.22. The molecule has 3 heteroatoms. The van der Waals surface area contributed by atoms with Gasteiger partial charge in [-0.3, -0.25) is 4.98 Å². The van der Waals surface area contributed by atoms with E-state index in [9.17, 15) is 4.39 Å². The highest BCUT2D eigenvalue weighted by molar-refractivity contribution is 5.16. The molecule has 1 aromatic carbocycles. The zero-order valence-electron chi connectivity index (χ0n) is 12.0. The second-order valence-electron chi connectivity index (χ2n) is 5.30. The van der Waals surface area contributed by atoms with Gasteiger partial charge in [0.1, 0.15) is 5.82 Å². The van der Waals surface area contributed by atoms with Crippen molar-refractivity contribution in [3.63, 3.8) is 0 Å². The first kappa shape index (κ1) is 14.7. The smallest absolute Gasteiger partial charge is 0.141 e. The van der Waals surface area contributed by atoms with Crippen molar-refractivity contribution in [2.24, 2.45) is 0 Å². The molecule has 0 aliphatic carbocycles. The predicted molar refractivity (Wildman–Crippen MR) is 80.0 cm³/mol. The van der Waals surface area contributed by atoms with Crippen LogP contribution in [0.5, 0.6) is 0 Å². The van der Waals surface area contributed by atoms with Gasteiger partial charge in [0.05, 0.1) is 11.9 Å². The summed E-state index contributed by atoms with van der Waals surface area (Å²) in [6, 6.07) is 14.1. The molecule has 0 saturated heterocycles. The van der Waals surface area contributed by atoms with Gasteiger partial charge in [-0.1, -0.05) is 44.2 Å². The van der Waals surface area contributed by atoms with Gasteiger partial charge in [0.15, 0.2) is 0 Å². The van der Waals surface area contributed by atoms with Gasteiger partial charge in [-0.2, -0.15) is 0 Å². The summed E-state index contributed by atoms with van der Waals surface area (Å²) in [7, 11) is 0. The summed E-state index contributed by atoms with van der Waals surface area (Å²) in [6.07, 6.45) is 3.21. The SMILES string of the molecule is CC(C)NC(CCc1ccccc1)c1ccc(F)cn1. The lowest BCUT2D eigenvalue weighted by atomic mass is 10.0. The van der Waals surface area contributed by atoms with Gasteiger partial charge in [0, 0.05) is 12.1 Å². The molecule has 0 saturated carbocycles. The maximum atomic E-state index is 13.0. The van der Waals surface area contributed by atoms with Crippen LogP contribution in [0.25, 0.3) is 0 Å². The number of halogens is 1. The number of aryl methyl sites for hydroxylation is 1. The van der Waals surface area contributed by atoms with Crippen molar-refractivity contribution in [3.05, 3.63) is 65.7 Å². The highest BCUT2D eigenvalue weighted by Gasteiger charge is 2.14. The van der Waals surface area contributed by atoms with Crippen LogP contribution >= 0.6 is 0 Å². The van der Waals surface area contributed by atoms with E-state index in [1.54, 1.807) is 6.07 Å². The zero-order chi connectivity index (χ0) is 14.4. The Bertz CT molecular complexity index is 508. The molecule has 1 atom stereocenters. The fourth-order valence-corrected chi connectivity index (χ4v) is 2.27. The van der Waals surface area contributed by atoms with Crippen molar-refractivity contribution < 1.29 is 4.39 Å². The molecule has 0 spiro atoms. The molecule has 1 aromatic heterocycles.